The molecule has 4 rings (SSSR count). The molecule has 2 aromatic heterocycles. The molecule has 0 saturated carbocycles. The van der Waals surface area contributed by atoms with E-state index in [1.54, 1.807) is 12.4 Å². The Morgan fingerprint density at radius 3 is 2.63 bits per heavy atom. The summed E-state index contributed by atoms with van der Waals surface area (Å²) in [7, 11) is 0. The summed E-state index contributed by atoms with van der Waals surface area (Å²) < 4.78 is 2.88. The molecule has 1 atom stereocenters. The van der Waals surface area contributed by atoms with Gasteiger partial charge in [-0.3, -0.25) is 14.3 Å². The number of hydrogen-bond acceptors (Lipinski definition) is 5. The van der Waals surface area contributed by atoms with Crippen LogP contribution in [0.5, 0.6) is 0 Å². The number of aliphatic hydroxyl groups excluding tert-OH is 1. The number of carbonyl (C=O) groups is 1. The van der Waals surface area contributed by atoms with E-state index in [2.05, 4.69) is 30.9 Å². The van der Waals surface area contributed by atoms with Crippen molar-refractivity contribution >= 4 is 27.6 Å². The van der Waals surface area contributed by atoms with Gasteiger partial charge in [-0.2, -0.15) is 0 Å². The van der Waals surface area contributed by atoms with E-state index in [-0.39, 0.29) is 0 Å². The number of aromatic nitrogens is 3. The van der Waals surface area contributed by atoms with Gasteiger partial charge in [-0.05, 0) is 37.3 Å². The predicted molar refractivity (Wildman–Crippen MR) is 104 cm³/mol. The van der Waals surface area contributed by atoms with E-state index in [9.17, 15) is 5.11 Å². The topological polar surface area (TPSA) is 101 Å². The third kappa shape index (κ3) is 3.96. The van der Waals surface area contributed by atoms with Crippen molar-refractivity contribution in [3.63, 3.8) is 0 Å². The van der Waals surface area contributed by atoms with E-state index < -0.39 is 12.2 Å². The quantitative estimate of drug-likeness (QED) is 0.619. The smallest absolute Gasteiger partial charge is 0.300 e. The maximum absolute atomic E-state index is 10.5. The zero-order valence-corrected chi connectivity index (χ0v) is 16.3. The number of carboxylic acid groups (broad SMARTS) is 1. The van der Waals surface area contributed by atoms with Gasteiger partial charge in [0.2, 0.25) is 6.23 Å². The van der Waals surface area contributed by atoms with Gasteiger partial charge in [-0.25, -0.2) is 9.98 Å². The van der Waals surface area contributed by atoms with Crippen LogP contribution in [0.25, 0.3) is 5.69 Å². The normalized spacial score (nSPS) is 14.8. The third-order valence-corrected chi connectivity index (χ3v) is 4.30. The lowest BCUT2D eigenvalue weighted by molar-refractivity contribution is -0.134. The van der Waals surface area contributed by atoms with Gasteiger partial charge in [-0.1, -0.05) is 22.0 Å². The van der Waals surface area contributed by atoms with Crippen molar-refractivity contribution < 1.29 is 15.0 Å². The molecule has 3 aromatic rings. The number of hydrogen-bond donors (Lipinski definition) is 2. The first-order valence-electron chi connectivity index (χ1n) is 8.10. The molecule has 1 aliphatic heterocycles. The molecule has 3 heterocycles. The maximum atomic E-state index is 10.5. The van der Waals surface area contributed by atoms with Gasteiger partial charge in [0.1, 0.15) is 0 Å². The van der Waals surface area contributed by atoms with Crippen LogP contribution in [0, 0.1) is 6.92 Å². The highest BCUT2D eigenvalue weighted by Crippen LogP contribution is 2.31. The second-order valence-electron chi connectivity index (χ2n) is 5.84. The van der Waals surface area contributed by atoms with Crippen LogP contribution in [0.3, 0.4) is 0 Å². The fourth-order valence-corrected chi connectivity index (χ4v) is 3.16. The number of aryl methyl sites for hydroxylation is 1. The number of carboxylic acids is 1. The molecule has 138 valence electrons. The zero-order valence-electron chi connectivity index (χ0n) is 14.7. The van der Waals surface area contributed by atoms with Gasteiger partial charge in [-0.15, -0.1) is 0 Å². The van der Waals surface area contributed by atoms with Crippen molar-refractivity contribution in [1.82, 2.24) is 14.5 Å². The number of aliphatic hydroxyl groups is 1. The molecule has 1 unspecified atom stereocenters. The lowest BCUT2D eigenvalue weighted by atomic mass is 10.0. The number of pyridine rings is 1. The second kappa shape index (κ2) is 7.81. The largest absolute Gasteiger partial charge is 0.481 e. The molecular weight excluding hydrogens is 412 g/mol. The highest BCUT2D eigenvalue weighted by atomic mass is 79.9. The third-order valence-electron chi connectivity index (χ3n) is 3.81. The number of benzene rings is 1. The molecule has 0 fully saturated rings. The minimum atomic E-state index is -1.04. The maximum Gasteiger partial charge on any atom is 0.300 e. The molecule has 0 radical (unpaired) electrons. The van der Waals surface area contributed by atoms with Crippen LogP contribution < -0.4 is 0 Å². The minimum absolute atomic E-state index is 0.511. The highest BCUT2D eigenvalue weighted by molar-refractivity contribution is 9.10. The number of aliphatic imine (C=N–C) groups is 1. The Hall–Kier alpha value is -2.84. The van der Waals surface area contributed by atoms with Crippen molar-refractivity contribution in [2.75, 3.05) is 0 Å². The predicted octanol–water partition coefficient (Wildman–Crippen LogP) is 3.27. The molecule has 0 saturated heterocycles. The highest BCUT2D eigenvalue weighted by Gasteiger charge is 2.26. The van der Waals surface area contributed by atoms with Crippen molar-refractivity contribution in [2.45, 2.75) is 20.1 Å². The van der Waals surface area contributed by atoms with Crippen LogP contribution in [0.15, 0.2) is 58.3 Å². The molecule has 1 aromatic carbocycles. The zero-order chi connectivity index (χ0) is 19.6. The molecule has 0 spiro atoms. The summed E-state index contributed by atoms with van der Waals surface area (Å²) in [5, 5.41) is 17.9. The molecule has 8 heteroatoms. The van der Waals surface area contributed by atoms with Crippen LogP contribution in [-0.2, 0) is 4.79 Å². The van der Waals surface area contributed by atoms with E-state index in [0.29, 0.717) is 17.2 Å². The fraction of sp³-hybridized carbons (Fsp3) is 0.158. The minimum Gasteiger partial charge on any atom is -0.481 e. The lowest BCUT2D eigenvalue weighted by Gasteiger charge is -2.13. The summed E-state index contributed by atoms with van der Waals surface area (Å²) in [5.74, 6) is -0.322. The molecule has 27 heavy (non-hydrogen) atoms. The first kappa shape index (κ1) is 18.9. The Morgan fingerprint density at radius 2 is 1.96 bits per heavy atom. The Morgan fingerprint density at radius 1 is 1.22 bits per heavy atom. The molecule has 0 amide bonds. The Bertz CT molecular complexity index is 1010. The number of rotatable bonds is 1. The van der Waals surface area contributed by atoms with Crippen molar-refractivity contribution in [3.8, 4) is 5.69 Å². The molecular formula is C19H17BrN4O3. The van der Waals surface area contributed by atoms with Gasteiger partial charge in [0, 0.05) is 35.0 Å². The average molecular weight is 429 g/mol. The van der Waals surface area contributed by atoms with Crippen molar-refractivity contribution in [1.29, 1.82) is 0 Å². The lowest BCUT2D eigenvalue weighted by Crippen LogP contribution is -2.09. The molecule has 2 N–H and O–H groups in total. The van der Waals surface area contributed by atoms with Gasteiger partial charge in [0.05, 0.1) is 17.1 Å². The van der Waals surface area contributed by atoms with Crippen LogP contribution >= 0.6 is 15.9 Å². The van der Waals surface area contributed by atoms with Crippen LogP contribution in [0.2, 0.25) is 0 Å². The number of imidazole rings is 1. The summed E-state index contributed by atoms with van der Waals surface area (Å²) in [6.45, 7) is 3.04. The average Bonchev–Trinajstić information content (AvgIpc) is 2.96. The monoisotopic (exact) mass is 428 g/mol. The van der Waals surface area contributed by atoms with Gasteiger partial charge in [0.15, 0.2) is 5.82 Å². The number of aliphatic carboxylic acids is 1. The summed E-state index contributed by atoms with van der Waals surface area (Å²) in [4.78, 5) is 22.2. The summed E-state index contributed by atoms with van der Waals surface area (Å²) >= 11 is 3.52. The van der Waals surface area contributed by atoms with Gasteiger partial charge < -0.3 is 10.2 Å². The standard InChI is InChI=1S/C17H13BrN4O.C2H4O2/c1-10-9-20-16-17(23)21-15(13-4-2-3-7-19-13)12-8-11(18)5-6-14(12)22(10)16;1-2(3)4/h2-9,17,23H,1H3;1H3,(H,3,4). The molecule has 7 nitrogen and oxygen atoms in total. The fourth-order valence-electron chi connectivity index (χ4n) is 2.80. The van der Waals surface area contributed by atoms with Gasteiger partial charge >= 0.3 is 0 Å². The summed E-state index contributed by atoms with van der Waals surface area (Å²) in [5.41, 5.74) is 4.14. The number of halogens is 1. The molecule has 1 aliphatic rings. The van der Waals surface area contributed by atoms with Crippen LogP contribution in [-0.4, -0.2) is 36.4 Å². The van der Waals surface area contributed by atoms with E-state index in [0.717, 1.165) is 28.3 Å². The Kier molecular flexibility index (Phi) is 5.48. The molecule has 0 bridgehead atoms. The van der Waals surface area contributed by atoms with Crippen molar-refractivity contribution in [3.05, 3.63) is 76.0 Å². The first-order chi connectivity index (χ1) is 12.9. The Balaban J connectivity index is 0.000000481. The van der Waals surface area contributed by atoms with E-state index in [4.69, 9.17) is 9.90 Å². The summed E-state index contributed by atoms with van der Waals surface area (Å²) in [6, 6.07) is 11.6. The van der Waals surface area contributed by atoms with E-state index in [1.165, 1.54) is 0 Å². The second-order valence-corrected chi connectivity index (χ2v) is 6.76. The van der Waals surface area contributed by atoms with E-state index >= 15 is 0 Å². The van der Waals surface area contributed by atoms with Gasteiger partial charge in [0.25, 0.3) is 5.97 Å². The number of fused-ring (bicyclic) bond motifs is 3. The molecule has 0 aliphatic carbocycles. The SMILES string of the molecule is CC(=O)O.Cc1cnc2n1-c1ccc(Br)cc1C(c1ccccn1)=NC2O. The van der Waals surface area contributed by atoms with Crippen molar-refractivity contribution in [2.24, 2.45) is 4.99 Å². The number of nitrogens with zero attached hydrogens (tertiary/aromatic N) is 4. The van der Waals surface area contributed by atoms with Crippen LogP contribution in [0.1, 0.15) is 35.9 Å². The summed E-state index contributed by atoms with van der Waals surface area (Å²) in [6.07, 6.45) is 2.43. The Labute approximate surface area is 164 Å². The first-order valence-corrected chi connectivity index (χ1v) is 8.89. The van der Waals surface area contributed by atoms with E-state index in [1.807, 2.05) is 47.9 Å². The van der Waals surface area contributed by atoms with Crippen LogP contribution in [0.4, 0.5) is 0 Å².